The Hall–Kier alpha value is -2.44. The molecule has 30 heavy (non-hydrogen) atoms. The summed E-state index contributed by atoms with van der Waals surface area (Å²) in [6.45, 7) is 3.37. The first-order valence-electron chi connectivity index (χ1n) is 9.30. The van der Waals surface area contributed by atoms with E-state index in [1.54, 1.807) is 30.6 Å². The van der Waals surface area contributed by atoms with E-state index in [1.165, 1.54) is 12.1 Å². The van der Waals surface area contributed by atoms with Crippen molar-refractivity contribution in [1.29, 1.82) is 5.26 Å². The van der Waals surface area contributed by atoms with Crippen molar-refractivity contribution in [2.24, 2.45) is 5.92 Å². The first-order chi connectivity index (χ1) is 14.1. The molecule has 2 rings (SSSR count). The Morgan fingerprint density at radius 3 is 2.40 bits per heavy atom. The Bertz CT molecular complexity index is 894. The zero-order chi connectivity index (χ0) is 22.3. The van der Waals surface area contributed by atoms with Crippen LogP contribution in [0.5, 0.6) is 0 Å². The molecule has 0 saturated carbocycles. The summed E-state index contributed by atoms with van der Waals surface area (Å²) < 4.78 is 42.3. The number of carbonyl (C=O) groups excluding carboxylic acids is 1. The van der Waals surface area contributed by atoms with Gasteiger partial charge in [-0.3, -0.25) is 15.1 Å². The molecule has 2 aromatic rings. The largest absolute Gasteiger partial charge is 0.407 e. The molecular weight excluding hydrogens is 461 g/mol. The van der Waals surface area contributed by atoms with Gasteiger partial charge in [-0.15, -0.1) is 0 Å². The maximum absolute atomic E-state index is 13.8. The van der Waals surface area contributed by atoms with E-state index >= 15 is 0 Å². The highest BCUT2D eigenvalue weighted by atomic mass is 79.9. The Balaban J connectivity index is 2.30. The highest BCUT2D eigenvalue weighted by Gasteiger charge is 2.42. The van der Waals surface area contributed by atoms with Crippen LogP contribution in [0.4, 0.5) is 13.2 Å². The summed E-state index contributed by atoms with van der Waals surface area (Å²) in [7, 11) is 0. The molecule has 0 radical (unpaired) electrons. The lowest BCUT2D eigenvalue weighted by Crippen LogP contribution is -2.49. The number of carbonyl (C=O) groups is 1. The van der Waals surface area contributed by atoms with E-state index in [2.05, 4.69) is 31.5 Å². The summed E-state index contributed by atoms with van der Waals surface area (Å²) in [5.41, 5.74) is 1.48. The fourth-order valence-corrected chi connectivity index (χ4v) is 3.36. The summed E-state index contributed by atoms with van der Waals surface area (Å²) in [6.07, 6.45) is -1.17. The summed E-state index contributed by atoms with van der Waals surface area (Å²) >= 11 is 3.32. The second-order valence-corrected chi connectivity index (χ2v) is 8.13. The van der Waals surface area contributed by atoms with Gasteiger partial charge in [0.05, 0.1) is 12.1 Å². The first kappa shape index (κ1) is 23.8. The number of hydrogen-bond acceptors (Lipinski definition) is 4. The van der Waals surface area contributed by atoms with Crippen LogP contribution >= 0.6 is 15.9 Å². The predicted octanol–water partition coefficient (Wildman–Crippen LogP) is 4.76. The third-order valence-corrected chi connectivity index (χ3v) is 4.78. The number of benzene rings is 1. The van der Waals surface area contributed by atoms with Crippen LogP contribution in [0.2, 0.25) is 0 Å². The molecule has 160 valence electrons. The van der Waals surface area contributed by atoms with Crippen LogP contribution in [0, 0.1) is 17.2 Å². The van der Waals surface area contributed by atoms with Crippen molar-refractivity contribution in [2.45, 2.75) is 38.5 Å². The average molecular weight is 483 g/mol. The van der Waals surface area contributed by atoms with E-state index in [0.717, 1.165) is 15.6 Å². The van der Waals surface area contributed by atoms with E-state index in [4.69, 9.17) is 5.26 Å². The number of nitriles is 1. The van der Waals surface area contributed by atoms with E-state index in [0.29, 0.717) is 0 Å². The molecule has 2 atom stereocenters. The molecule has 0 fully saturated rings. The van der Waals surface area contributed by atoms with Gasteiger partial charge >= 0.3 is 6.18 Å². The molecule has 0 unspecified atom stereocenters. The maximum atomic E-state index is 13.8. The van der Waals surface area contributed by atoms with Gasteiger partial charge in [0.15, 0.2) is 0 Å². The van der Waals surface area contributed by atoms with Crippen LogP contribution < -0.4 is 10.6 Å². The van der Waals surface area contributed by atoms with Gasteiger partial charge in [0.2, 0.25) is 5.91 Å². The molecule has 0 saturated heterocycles. The summed E-state index contributed by atoms with van der Waals surface area (Å²) in [5, 5.41) is 13.4. The van der Waals surface area contributed by atoms with Gasteiger partial charge < -0.3 is 5.32 Å². The van der Waals surface area contributed by atoms with E-state index in [-0.39, 0.29) is 24.4 Å². The quantitative estimate of drug-likeness (QED) is 0.531. The monoisotopic (exact) mass is 482 g/mol. The number of hydrogen-bond donors (Lipinski definition) is 2. The number of alkyl halides is 3. The average Bonchev–Trinajstić information content (AvgIpc) is 2.68. The number of pyridine rings is 1. The van der Waals surface area contributed by atoms with Crippen molar-refractivity contribution < 1.29 is 18.0 Å². The molecule has 1 heterocycles. The first-order valence-corrected chi connectivity index (χ1v) is 10.1. The standard InChI is InChI=1S/C21H22BrF3N4O/c1-13(2)9-18(20(30)28-8-7-26)29-19(21(23,24)25)15-5-3-14(4-6-15)16-10-17(22)12-27-11-16/h3-6,10-13,18-19,29H,8-9H2,1-2H3,(H,28,30)/t18-,19-/m0/s1. The van der Waals surface area contributed by atoms with Crippen molar-refractivity contribution in [3.05, 3.63) is 52.8 Å². The molecule has 0 bridgehead atoms. The number of nitrogens with one attached hydrogen (secondary N) is 2. The van der Waals surface area contributed by atoms with Crippen LogP contribution in [0.25, 0.3) is 11.1 Å². The van der Waals surface area contributed by atoms with Crippen LogP contribution in [-0.4, -0.2) is 29.7 Å². The third-order valence-electron chi connectivity index (χ3n) is 4.34. The zero-order valence-corrected chi connectivity index (χ0v) is 18.1. The SMILES string of the molecule is CC(C)C[C@H](N[C@@H](c1ccc(-c2cncc(Br)c2)cc1)C(F)(F)F)C(=O)NCC#N. The minimum atomic E-state index is -4.61. The molecular formula is C21H22BrF3N4O. The lowest BCUT2D eigenvalue weighted by atomic mass is 9.98. The maximum Gasteiger partial charge on any atom is 0.407 e. The van der Waals surface area contributed by atoms with E-state index in [9.17, 15) is 18.0 Å². The van der Waals surface area contributed by atoms with Crippen molar-refractivity contribution >= 4 is 21.8 Å². The molecule has 1 aromatic carbocycles. The lowest BCUT2D eigenvalue weighted by molar-refractivity contribution is -0.161. The molecule has 0 spiro atoms. The fraction of sp³-hybridized carbons (Fsp3) is 0.381. The Labute approximate surface area is 181 Å². The van der Waals surface area contributed by atoms with Crippen LogP contribution in [0.3, 0.4) is 0 Å². The Kier molecular flexibility index (Phi) is 8.38. The summed E-state index contributed by atoms with van der Waals surface area (Å²) in [5.74, 6) is -0.646. The molecule has 1 aromatic heterocycles. The molecule has 0 aliphatic heterocycles. The third kappa shape index (κ3) is 6.82. The van der Waals surface area contributed by atoms with Gasteiger partial charge in [-0.1, -0.05) is 38.1 Å². The number of rotatable bonds is 8. The highest BCUT2D eigenvalue weighted by molar-refractivity contribution is 9.10. The van der Waals surface area contributed by atoms with Gasteiger partial charge in [0.25, 0.3) is 0 Å². The number of nitrogens with zero attached hydrogens (tertiary/aromatic N) is 2. The fourth-order valence-electron chi connectivity index (χ4n) is 2.99. The lowest BCUT2D eigenvalue weighted by Gasteiger charge is -2.28. The molecule has 9 heteroatoms. The van der Waals surface area contributed by atoms with E-state index in [1.807, 2.05) is 19.9 Å². The molecule has 2 N–H and O–H groups in total. The van der Waals surface area contributed by atoms with Gasteiger partial charge in [0, 0.05) is 22.4 Å². The van der Waals surface area contributed by atoms with E-state index < -0.39 is 24.2 Å². The van der Waals surface area contributed by atoms with Crippen molar-refractivity contribution in [3.63, 3.8) is 0 Å². The van der Waals surface area contributed by atoms with Gasteiger partial charge in [-0.2, -0.15) is 18.4 Å². The normalized spacial score (nSPS) is 13.5. The second-order valence-electron chi connectivity index (χ2n) is 7.21. The van der Waals surface area contributed by atoms with Crippen LogP contribution in [0.1, 0.15) is 31.9 Å². The zero-order valence-electron chi connectivity index (χ0n) is 16.5. The molecule has 5 nitrogen and oxygen atoms in total. The Morgan fingerprint density at radius 1 is 1.20 bits per heavy atom. The number of halogens is 4. The molecule has 0 aliphatic carbocycles. The minimum absolute atomic E-state index is 0.00366. The second kappa shape index (κ2) is 10.5. The van der Waals surface area contributed by atoms with Crippen LogP contribution in [0.15, 0.2) is 47.2 Å². The van der Waals surface area contributed by atoms with Crippen molar-refractivity contribution in [1.82, 2.24) is 15.6 Å². The Morgan fingerprint density at radius 2 is 1.87 bits per heavy atom. The van der Waals surface area contributed by atoms with Crippen LogP contribution in [-0.2, 0) is 4.79 Å². The van der Waals surface area contributed by atoms with Crippen molar-refractivity contribution in [2.75, 3.05) is 6.54 Å². The topological polar surface area (TPSA) is 77.8 Å². The number of amides is 1. The van der Waals surface area contributed by atoms with Crippen molar-refractivity contribution in [3.8, 4) is 17.2 Å². The smallest absolute Gasteiger partial charge is 0.342 e. The molecule has 1 amide bonds. The summed E-state index contributed by atoms with van der Waals surface area (Å²) in [6, 6.07) is 6.43. The van der Waals surface area contributed by atoms with Gasteiger partial charge in [0.1, 0.15) is 12.6 Å². The summed E-state index contributed by atoms with van der Waals surface area (Å²) in [4.78, 5) is 16.4. The van der Waals surface area contributed by atoms with Gasteiger partial charge in [-0.05, 0) is 45.5 Å². The minimum Gasteiger partial charge on any atom is -0.342 e. The van der Waals surface area contributed by atoms with Gasteiger partial charge in [-0.25, -0.2) is 0 Å². The highest BCUT2D eigenvalue weighted by Crippen LogP contribution is 2.34. The number of aromatic nitrogens is 1. The predicted molar refractivity (Wildman–Crippen MR) is 111 cm³/mol. The molecule has 0 aliphatic rings.